The van der Waals surface area contributed by atoms with Gasteiger partial charge in [-0.15, -0.1) is 0 Å². The van der Waals surface area contributed by atoms with E-state index in [9.17, 15) is 0 Å². The molecule has 2 aromatic heterocycles. The van der Waals surface area contributed by atoms with Crippen LogP contribution in [0.25, 0.3) is 0 Å². The lowest BCUT2D eigenvalue weighted by Crippen LogP contribution is -2.00. The highest BCUT2D eigenvalue weighted by Gasteiger charge is 2.00. The van der Waals surface area contributed by atoms with Crippen molar-refractivity contribution in [3.05, 3.63) is 67.1 Å². The number of para-hydroxylation sites is 1. The summed E-state index contributed by atoms with van der Waals surface area (Å²) in [6, 6.07) is 15.4. The van der Waals surface area contributed by atoms with Gasteiger partial charge in [0.05, 0.1) is 11.9 Å². The third-order valence-corrected chi connectivity index (χ3v) is 2.62. The molecule has 0 aliphatic heterocycles. The van der Waals surface area contributed by atoms with Gasteiger partial charge in [-0.2, -0.15) is 4.98 Å². The van der Waals surface area contributed by atoms with Gasteiger partial charge in [0.1, 0.15) is 5.82 Å². The van der Waals surface area contributed by atoms with Gasteiger partial charge in [0.15, 0.2) is 0 Å². The Morgan fingerprint density at radius 1 is 0.750 bits per heavy atom. The van der Waals surface area contributed by atoms with Crippen molar-refractivity contribution in [1.82, 2.24) is 15.0 Å². The second-order valence-electron chi connectivity index (χ2n) is 4.12. The van der Waals surface area contributed by atoms with Crippen molar-refractivity contribution >= 4 is 23.1 Å². The number of pyridine rings is 1. The first-order valence-electron chi connectivity index (χ1n) is 6.22. The maximum atomic E-state index is 4.40. The Balaban J connectivity index is 1.76. The van der Waals surface area contributed by atoms with Crippen molar-refractivity contribution in [3.8, 4) is 0 Å². The molecule has 0 unspecified atom stereocenters. The van der Waals surface area contributed by atoms with Gasteiger partial charge in [-0.1, -0.05) is 18.2 Å². The van der Waals surface area contributed by atoms with Crippen molar-refractivity contribution in [2.45, 2.75) is 0 Å². The fourth-order valence-corrected chi connectivity index (χ4v) is 1.72. The molecule has 98 valence electrons. The van der Waals surface area contributed by atoms with E-state index in [1.165, 1.54) is 0 Å². The van der Waals surface area contributed by atoms with Crippen LogP contribution in [0.2, 0.25) is 0 Å². The summed E-state index contributed by atoms with van der Waals surface area (Å²) in [5.41, 5.74) is 1.84. The van der Waals surface area contributed by atoms with Crippen molar-refractivity contribution in [2.24, 2.45) is 0 Å². The van der Waals surface area contributed by atoms with Gasteiger partial charge in [0, 0.05) is 18.1 Å². The summed E-state index contributed by atoms with van der Waals surface area (Å²) in [4.78, 5) is 12.7. The summed E-state index contributed by atoms with van der Waals surface area (Å²) in [5, 5.41) is 6.33. The zero-order valence-corrected chi connectivity index (χ0v) is 10.7. The first-order valence-corrected chi connectivity index (χ1v) is 6.22. The van der Waals surface area contributed by atoms with E-state index in [1.807, 2.05) is 48.5 Å². The molecule has 0 aliphatic carbocycles. The highest BCUT2D eigenvalue weighted by atomic mass is 15.1. The quantitative estimate of drug-likeness (QED) is 0.755. The zero-order valence-electron chi connectivity index (χ0n) is 10.7. The Kier molecular flexibility index (Phi) is 3.51. The zero-order chi connectivity index (χ0) is 13.6. The lowest BCUT2D eigenvalue weighted by molar-refractivity contribution is 1.16. The Bertz CT molecular complexity index is 613. The molecule has 0 saturated carbocycles. The van der Waals surface area contributed by atoms with E-state index in [0.29, 0.717) is 11.8 Å². The molecule has 0 amide bonds. The van der Waals surface area contributed by atoms with Crippen LogP contribution in [0.15, 0.2) is 67.1 Å². The number of rotatable bonds is 4. The second-order valence-corrected chi connectivity index (χ2v) is 4.12. The van der Waals surface area contributed by atoms with Crippen molar-refractivity contribution in [1.29, 1.82) is 0 Å². The van der Waals surface area contributed by atoms with Crippen LogP contribution >= 0.6 is 0 Å². The minimum Gasteiger partial charge on any atom is -0.339 e. The minimum absolute atomic E-state index is 0.546. The fourth-order valence-electron chi connectivity index (χ4n) is 1.72. The maximum Gasteiger partial charge on any atom is 0.229 e. The highest BCUT2D eigenvalue weighted by Crippen LogP contribution is 2.16. The van der Waals surface area contributed by atoms with E-state index in [4.69, 9.17) is 0 Å². The van der Waals surface area contributed by atoms with Crippen LogP contribution in [0.3, 0.4) is 0 Å². The highest BCUT2D eigenvalue weighted by molar-refractivity contribution is 5.58. The van der Waals surface area contributed by atoms with E-state index >= 15 is 0 Å². The Hall–Kier alpha value is -2.95. The summed E-state index contributed by atoms with van der Waals surface area (Å²) in [5.74, 6) is 1.26. The average molecular weight is 263 g/mol. The third-order valence-electron chi connectivity index (χ3n) is 2.62. The van der Waals surface area contributed by atoms with Gasteiger partial charge in [0.25, 0.3) is 0 Å². The van der Waals surface area contributed by atoms with Gasteiger partial charge < -0.3 is 10.6 Å². The lowest BCUT2D eigenvalue weighted by Gasteiger charge is -2.07. The standard InChI is InChI=1S/C15H13N5/c1-2-5-12(6-3-1)19-15-17-10-8-14(20-15)18-13-7-4-9-16-11-13/h1-11H,(H2,17,18,19,20). The van der Waals surface area contributed by atoms with Crippen LogP contribution < -0.4 is 10.6 Å². The minimum atomic E-state index is 0.546. The molecule has 0 radical (unpaired) electrons. The number of benzene rings is 1. The molecule has 20 heavy (non-hydrogen) atoms. The van der Waals surface area contributed by atoms with Crippen LogP contribution in [-0.4, -0.2) is 15.0 Å². The molecule has 5 nitrogen and oxygen atoms in total. The molecule has 3 rings (SSSR count). The van der Waals surface area contributed by atoms with Crippen LogP contribution in [0, 0.1) is 0 Å². The fraction of sp³-hybridized carbons (Fsp3) is 0. The second kappa shape index (κ2) is 5.79. The van der Waals surface area contributed by atoms with E-state index in [-0.39, 0.29) is 0 Å². The molecule has 2 N–H and O–H groups in total. The molecule has 1 aromatic carbocycles. The van der Waals surface area contributed by atoms with Crippen LogP contribution in [0.1, 0.15) is 0 Å². The smallest absolute Gasteiger partial charge is 0.229 e. The molecular weight excluding hydrogens is 250 g/mol. The number of nitrogens with zero attached hydrogens (tertiary/aromatic N) is 3. The maximum absolute atomic E-state index is 4.40. The van der Waals surface area contributed by atoms with Crippen molar-refractivity contribution in [2.75, 3.05) is 10.6 Å². The number of aromatic nitrogens is 3. The average Bonchev–Trinajstić information content (AvgIpc) is 2.50. The molecule has 0 fully saturated rings. The van der Waals surface area contributed by atoms with Gasteiger partial charge in [0.2, 0.25) is 5.95 Å². The predicted molar refractivity (Wildman–Crippen MR) is 79.3 cm³/mol. The topological polar surface area (TPSA) is 62.7 Å². The third kappa shape index (κ3) is 3.08. The molecule has 0 bridgehead atoms. The molecular formula is C15H13N5. The van der Waals surface area contributed by atoms with Crippen LogP contribution in [0.5, 0.6) is 0 Å². The number of hydrogen-bond donors (Lipinski definition) is 2. The number of hydrogen-bond acceptors (Lipinski definition) is 5. The van der Waals surface area contributed by atoms with E-state index in [1.54, 1.807) is 18.6 Å². The predicted octanol–water partition coefficient (Wildman–Crippen LogP) is 3.36. The molecule has 2 heterocycles. The molecule has 0 atom stereocenters. The summed E-state index contributed by atoms with van der Waals surface area (Å²) in [7, 11) is 0. The Morgan fingerprint density at radius 2 is 1.60 bits per heavy atom. The van der Waals surface area contributed by atoms with Gasteiger partial charge in [-0.05, 0) is 30.3 Å². The number of anilines is 4. The lowest BCUT2D eigenvalue weighted by atomic mass is 10.3. The summed E-state index contributed by atoms with van der Waals surface area (Å²) < 4.78 is 0. The summed E-state index contributed by atoms with van der Waals surface area (Å²) in [6.45, 7) is 0. The first-order chi connectivity index (χ1) is 9.90. The normalized spacial score (nSPS) is 10.0. The summed E-state index contributed by atoms with van der Waals surface area (Å²) in [6.07, 6.45) is 5.18. The number of nitrogens with one attached hydrogen (secondary N) is 2. The van der Waals surface area contributed by atoms with Crippen molar-refractivity contribution < 1.29 is 0 Å². The molecule has 0 aliphatic rings. The molecule has 0 saturated heterocycles. The van der Waals surface area contributed by atoms with Crippen LogP contribution in [0.4, 0.5) is 23.1 Å². The largest absolute Gasteiger partial charge is 0.339 e. The van der Waals surface area contributed by atoms with Gasteiger partial charge >= 0.3 is 0 Å². The van der Waals surface area contributed by atoms with Crippen molar-refractivity contribution in [3.63, 3.8) is 0 Å². The SMILES string of the molecule is c1ccc(Nc2nccc(Nc3cccnc3)n2)cc1. The molecule has 5 heteroatoms. The van der Waals surface area contributed by atoms with E-state index in [0.717, 1.165) is 11.4 Å². The Morgan fingerprint density at radius 3 is 2.40 bits per heavy atom. The van der Waals surface area contributed by atoms with E-state index < -0.39 is 0 Å². The monoisotopic (exact) mass is 263 g/mol. The molecule has 0 spiro atoms. The Labute approximate surface area is 116 Å². The summed E-state index contributed by atoms with van der Waals surface area (Å²) >= 11 is 0. The van der Waals surface area contributed by atoms with Gasteiger partial charge in [-0.25, -0.2) is 4.98 Å². The van der Waals surface area contributed by atoms with Crippen LogP contribution in [-0.2, 0) is 0 Å². The van der Waals surface area contributed by atoms with Gasteiger partial charge in [-0.3, -0.25) is 4.98 Å². The first kappa shape index (κ1) is 12.1. The van der Waals surface area contributed by atoms with E-state index in [2.05, 4.69) is 25.6 Å². The molecule has 3 aromatic rings.